The van der Waals surface area contributed by atoms with Crippen molar-refractivity contribution in [2.45, 2.75) is 58.0 Å². The maximum absolute atomic E-state index is 3.88. The number of rotatable bonds is 7. The minimum absolute atomic E-state index is 0.481. The van der Waals surface area contributed by atoms with Crippen molar-refractivity contribution < 1.29 is 0 Å². The van der Waals surface area contributed by atoms with Crippen LogP contribution in [0.2, 0.25) is 0 Å². The molecule has 1 atom stereocenters. The second-order valence-electron chi connectivity index (χ2n) is 6.15. The van der Waals surface area contributed by atoms with Crippen molar-refractivity contribution in [3.05, 3.63) is 34.3 Å². The molecule has 0 radical (unpaired) electrons. The van der Waals surface area contributed by atoms with Gasteiger partial charge in [-0.05, 0) is 63.0 Å². The average molecular weight is 353 g/mol. The zero-order chi connectivity index (χ0) is 15.1. The number of unbranched alkanes of at least 4 members (excludes halogenated alkanes) is 1. The second kappa shape index (κ2) is 8.92. The fourth-order valence-corrected chi connectivity index (χ4v) is 3.58. The third-order valence-electron chi connectivity index (χ3n) is 4.51. The van der Waals surface area contributed by atoms with E-state index in [9.17, 15) is 0 Å². The van der Waals surface area contributed by atoms with E-state index in [0.717, 1.165) is 6.42 Å². The molecular formula is C18H29BrN2. The van der Waals surface area contributed by atoms with Gasteiger partial charge in [0.25, 0.3) is 0 Å². The third-order valence-corrected chi connectivity index (χ3v) is 5.00. The molecule has 0 amide bonds. The highest BCUT2D eigenvalue weighted by Gasteiger charge is 2.21. The summed E-state index contributed by atoms with van der Waals surface area (Å²) in [5, 5.41) is 3.88. The van der Waals surface area contributed by atoms with Crippen LogP contribution in [0, 0.1) is 0 Å². The predicted octanol–water partition coefficient (Wildman–Crippen LogP) is 4.75. The van der Waals surface area contributed by atoms with E-state index in [2.05, 4.69) is 64.3 Å². The Kier molecular flexibility index (Phi) is 7.21. The minimum Gasteiger partial charge on any atom is -0.307 e. The molecule has 0 bridgehead atoms. The largest absolute Gasteiger partial charge is 0.307 e. The van der Waals surface area contributed by atoms with Crippen molar-refractivity contribution in [2.24, 2.45) is 0 Å². The molecule has 3 heteroatoms. The van der Waals surface area contributed by atoms with Crippen molar-refractivity contribution in [3.8, 4) is 0 Å². The van der Waals surface area contributed by atoms with Crippen molar-refractivity contribution >= 4 is 15.9 Å². The SMILES string of the molecule is CCCCN1CCC(NC(CC)c2cccc(Br)c2)CC1. The van der Waals surface area contributed by atoms with E-state index in [1.807, 2.05) is 0 Å². The monoisotopic (exact) mass is 352 g/mol. The van der Waals surface area contributed by atoms with Gasteiger partial charge in [0.05, 0.1) is 0 Å². The first-order chi connectivity index (χ1) is 10.2. The summed E-state index contributed by atoms with van der Waals surface area (Å²) in [6.07, 6.45) is 6.36. The van der Waals surface area contributed by atoms with Crippen LogP contribution in [0.15, 0.2) is 28.7 Å². The Bertz CT molecular complexity index is 413. The number of nitrogens with zero attached hydrogens (tertiary/aromatic N) is 1. The summed E-state index contributed by atoms with van der Waals surface area (Å²) in [6, 6.07) is 9.88. The molecule has 1 heterocycles. The fraction of sp³-hybridized carbons (Fsp3) is 0.667. The number of halogens is 1. The molecule has 0 spiro atoms. The summed E-state index contributed by atoms with van der Waals surface area (Å²) < 4.78 is 1.18. The van der Waals surface area contributed by atoms with Crippen molar-refractivity contribution in [2.75, 3.05) is 19.6 Å². The van der Waals surface area contributed by atoms with Gasteiger partial charge in [-0.2, -0.15) is 0 Å². The molecule has 0 aliphatic carbocycles. The van der Waals surface area contributed by atoms with E-state index in [1.165, 1.54) is 55.4 Å². The summed E-state index contributed by atoms with van der Waals surface area (Å²) in [5.74, 6) is 0. The van der Waals surface area contributed by atoms with E-state index >= 15 is 0 Å². The van der Waals surface area contributed by atoms with Crippen LogP contribution in [-0.2, 0) is 0 Å². The standard InChI is InChI=1S/C18H29BrN2/c1-3-5-11-21-12-9-17(10-13-21)20-18(4-2)15-7-6-8-16(19)14-15/h6-8,14,17-18,20H,3-5,9-13H2,1-2H3. The highest BCUT2D eigenvalue weighted by molar-refractivity contribution is 9.10. The summed E-state index contributed by atoms with van der Waals surface area (Å²) in [6.45, 7) is 8.35. The molecule has 21 heavy (non-hydrogen) atoms. The van der Waals surface area contributed by atoms with Crippen molar-refractivity contribution in [3.63, 3.8) is 0 Å². The van der Waals surface area contributed by atoms with Crippen LogP contribution < -0.4 is 5.32 Å². The van der Waals surface area contributed by atoms with Gasteiger partial charge in [0.1, 0.15) is 0 Å². The van der Waals surface area contributed by atoms with Gasteiger partial charge in [0.15, 0.2) is 0 Å². The van der Waals surface area contributed by atoms with Gasteiger partial charge in [-0.25, -0.2) is 0 Å². The van der Waals surface area contributed by atoms with Gasteiger partial charge in [-0.15, -0.1) is 0 Å². The molecule has 1 aliphatic rings. The molecule has 0 aromatic heterocycles. The first-order valence-corrected chi connectivity index (χ1v) is 9.26. The lowest BCUT2D eigenvalue weighted by Gasteiger charge is -2.34. The fourth-order valence-electron chi connectivity index (χ4n) is 3.16. The Morgan fingerprint density at radius 3 is 2.67 bits per heavy atom. The Balaban J connectivity index is 1.83. The molecule has 1 saturated heterocycles. The summed E-state index contributed by atoms with van der Waals surface area (Å²) in [7, 11) is 0. The van der Waals surface area contributed by atoms with E-state index in [0.29, 0.717) is 12.1 Å². The molecule has 1 aromatic rings. The van der Waals surface area contributed by atoms with E-state index in [4.69, 9.17) is 0 Å². The van der Waals surface area contributed by atoms with Gasteiger partial charge in [0, 0.05) is 16.6 Å². The number of hydrogen-bond donors (Lipinski definition) is 1. The maximum Gasteiger partial charge on any atom is 0.0320 e. The van der Waals surface area contributed by atoms with Crippen molar-refractivity contribution in [1.82, 2.24) is 10.2 Å². The zero-order valence-corrected chi connectivity index (χ0v) is 15.0. The first-order valence-electron chi connectivity index (χ1n) is 8.46. The number of hydrogen-bond acceptors (Lipinski definition) is 2. The van der Waals surface area contributed by atoms with Crippen LogP contribution in [0.1, 0.15) is 57.6 Å². The number of nitrogens with one attached hydrogen (secondary N) is 1. The first kappa shape index (κ1) is 17.0. The Morgan fingerprint density at radius 2 is 2.05 bits per heavy atom. The molecule has 1 aromatic carbocycles. The third kappa shape index (κ3) is 5.39. The normalized spacial score (nSPS) is 18.8. The van der Waals surface area contributed by atoms with Crippen LogP contribution in [0.3, 0.4) is 0 Å². The van der Waals surface area contributed by atoms with E-state index in [1.54, 1.807) is 0 Å². The van der Waals surface area contributed by atoms with E-state index in [-0.39, 0.29) is 0 Å². The Labute approximate surface area is 138 Å². The van der Waals surface area contributed by atoms with Gasteiger partial charge < -0.3 is 10.2 Å². The highest BCUT2D eigenvalue weighted by Crippen LogP contribution is 2.23. The molecule has 1 N–H and O–H groups in total. The molecular weight excluding hydrogens is 324 g/mol. The highest BCUT2D eigenvalue weighted by atomic mass is 79.9. The second-order valence-corrected chi connectivity index (χ2v) is 7.07. The molecule has 1 unspecified atom stereocenters. The lowest BCUT2D eigenvalue weighted by Crippen LogP contribution is -2.43. The number of piperidine rings is 1. The van der Waals surface area contributed by atoms with Gasteiger partial charge in [-0.3, -0.25) is 0 Å². The molecule has 1 fully saturated rings. The van der Waals surface area contributed by atoms with Gasteiger partial charge in [0.2, 0.25) is 0 Å². The Morgan fingerprint density at radius 1 is 1.29 bits per heavy atom. The van der Waals surface area contributed by atoms with E-state index < -0.39 is 0 Å². The van der Waals surface area contributed by atoms with Gasteiger partial charge >= 0.3 is 0 Å². The van der Waals surface area contributed by atoms with Crippen LogP contribution in [-0.4, -0.2) is 30.6 Å². The minimum atomic E-state index is 0.481. The predicted molar refractivity (Wildman–Crippen MR) is 94.7 cm³/mol. The summed E-state index contributed by atoms with van der Waals surface area (Å²) in [4.78, 5) is 2.63. The molecule has 2 rings (SSSR count). The number of likely N-dealkylation sites (tertiary alicyclic amines) is 1. The quantitative estimate of drug-likeness (QED) is 0.761. The summed E-state index contributed by atoms with van der Waals surface area (Å²) >= 11 is 3.58. The van der Waals surface area contributed by atoms with Crippen LogP contribution in [0.5, 0.6) is 0 Å². The zero-order valence-electron chi connectivity index (χ0n) is 13.4. The smallest absolute Gasteiger partial charge is 0.0320 e. The Hall–Kier alpha value is -0.380. The van der Waals surface area contributed by atoms with Crippen LogP contribution in [0.4, 0.5) is 0 Å². The molecule has 2 nitrogen and oxygen atoms in total. The summed E-state index contributed by atoms with van der Waals surface area (Å²) in [5.41, 5.74) is 1.40. The lowest BCUT2D eigenvalue weighted by molar-refractivity contribution is 0.188. The average Bonchev–Trinajstić information content (AvgIpc) is 2.51. The molecule has 1 aliphatic heterocycles. The lowest BCUT2D eigenvalue weighted by atomic mass is 9.99. The number of benzene rings is 1. The van der Waals surface area contributed by atoms with Crippen LogP contribution in [0.25, 0.3) is 0 Å². The topological polar surface area (TPSA) is 15.3 Å². The molecule has 0 saturated carbocycles. The van der Waals surface area contributed by atoms with Gasteiger partial charge in [-0.1, -0.05) is 48.3 Å². The van der Waals surface area contributed by atoms with Crippen LogP contribution >= 0.6 is 15.9 Å². The van der Waals surface area contributed by atoms with Crippen molar-refractivity contribution in [1.29, 1.82) is 0 Å². The maximum atomic E-state index is 3.88. The molecule has 118 valence electrons.